The smallest absolute Gasteiger partial charge is 0.191 e. The number of nitrogens with one attached hydrogen (secondary N) is 2. The first-order valence-corrected chi connectivity index (χ1v) is 7.87. The molecule has 9 heteroatoms. The molecule has 1 unspecified atom stereocenters. The van der Waals surface area contributed by atoms with Crippen LogP contribution in [0.5, 0.6) is 0 Å². The van der Waals surface area contributed by atoms with Crippen LogP contribution in [-0.2, 0) is 11.3 Å². The van der Waals surface area contributed by atoms with Gasteiger partial charge in [0.2, 0.25) is 0 Å². The summed E-state index contributed by atoms with van der Waals surface area (Å²) < 4.78 is 59.1. The van der Waals surface area contributed by atoms with Gasteiger partial charge < -0.3 is 20.5 Å². The highest BCUT2D eigenvalue weighted by molar-refractivity contribution is 5.79. The Morgan fingerprint density at radius 3 is 2.44 bits per heavy atom. The van der Waals surface area contributed by atoms with Crippen LogP contribution in [0.2, 0.25) is 0 Å². The van der Waals surface area contributed by atoms with Gasteiger partial charge in [-0.2, -0.15) is 0 Å². The predicted octanol–water partition coefficient (Wildman–Crippen LogP) is 1.70. The summed E-state index contributed by atoms with van der Waals surface area (Å²) in [6.45, 7) is 1.03. The summed E-state index contributed by atoms with van der Waals surface area (Å²) in [7, 11) is 1.46. The fraction of sp³-hybridized carbons (Fsp3) is 0.562. The molecule has 0 amide bonds. The second-order valence-electron chi connectivity index (χ2n) is 6.00. The maximum absolute atomic E-state index is 13.7. The lowest BCUT2D eigenvalue weighted by atomic mass is 9.84. The molecule has 1 aliphatic heterocycles. The zero-order valence-corrected chi connectivity index (χ0v) is 13.8. The molecule has 1 aliphatic rings. The molecule has 0 spiro atoms. The summed E-state index contributed by atoms with van der Waals surface area (Å²) in [5.41, 5.74) is -0.997. The van der Waals surface area contributed by atoms with Gasteiger partial charge in [0.05, 0.1) is 6.61 Å². The number of ether oxygens (including phenoxy) is 1. The van der Waals surface area contributed by atoms with E-state index in [1.54, 1.807) is 0 Å². The van der Waals surface area contributed by atoms with Crippen molar-refractivity contribution in [3.05, 3.63) is 34.9 Å². The van der Waals surface area contributed by atoms with Crippen molar-refractivity contribution >= 4 is 5.96 Å². The largest absolute Gasteiger partial charge is 0.396 e. The lowest BCUT2D eigenvalue weighted by molar-refractivity contribution is 0.127. The summed E-state index contributed by atoms with van der Waals surface area (Å²) in [6.07, 6.45) is 1.30. The SMILES string of the molecule is CN=C(NCc1c(F)c(F)cc(F)c1F)NCC1(CCO)CCOC1. The summed E-state index contributed by atoms with van der Waals surface area (Å²) in [5, 5.41) is 14.8. The van der Waals surface area contributed by atoms with Crippen LogP contribution in [0.4, 0.5) is 17.6 Å². The van der Waals surface area contributed by atoms with Crippen LogP contribution in [0.1, 0.15) is 18.4 Å². The van der Waals surface area contributed by atoms with Crippen LogP contribution < -0.4 is 10.6 Å². The quantitative estimate of drug-likeness (QED) is 0.312. The second kappa shape index (κ2) is 8.48. The van der Waals surface area contributed by atoms with Gasteiger partial charge in [-0.05, 0) is 12.8 Å². The molecule has 1 saturated heterocycles. The van der Waals surface area contributed by atoms with Crippen LogP contribution in [0, 0.1) is 28.7 Å². The van der Waals surface area contributed by atoms with E-state index in [9.17, 15) is 22.7 Å². The number of aliphatic hydroxyl groups is 1. The molecule has 140 valence electrons. The topological polar surface area (TPSA) is 65.9 Å². The number of halogens is 4. The number of hydrogen-bond donors (Lipinski definition) is 3. The highest BCUT2D eigenvalue weighted by Crippen LogP contribution is 2.31. The van der Waals surface area contributed by atoms with Gasteiger partial charge in [-0.1, -0.05) is 0 Å². The number of hydrogen-bond acceptors (Lipinski definition) is 3. The molecule has 0 aromatic heterocycles. The third-order valence-corrected chi connectivity index (χ3v) is 4.32. The number of aliphatic hydroxyl groups excluding tert-OH is 1. The highest BCUT2D eigenvalue weighted by Gasteiger charge is 2.34. The van der Waals surface area contributed by atoms with E-state index in [0.717, 1.165) is 6.42 Å². The summed E-state index contributed by atoms with van der Waals surface area (Å²) in [6, 6.07) is 0.167. The van der Waals surface area contributed by atoms with E-state index in [-0.39, 0.29) is 24.0 Å². The van der Waals surface area contributed by atoms with Crippen LogP contribution in [-0.4, -0.2) is 44.5 Å². The number of benzene rings is 1. The van der Waals surface area contributed by atoms with Crippen molar-refractivity contribution in [3.8, 4) is 0 Å². The minimum absolute atomic E-state index is 0.00998. The molecular weight excluding hydrogens is 342 g/mol. The number of nitrogens with zero attached hydrogens (tertiary/aromatic N) is 1. The van der Waals surface area contributed by atoms with E-state index in [2.05, 4.69) is 15.6 Å². The maximum Gasteiger partial charge on any atom is 0.191 e. The molecule has 0 radical (unpaired) electrons. The van der Waals surface area contributed by atoms with E-state index in [4.69, 9.17) is 4.74 Å². The van der Waals surface area contributed by atoms with Crippen LogP contribution >= 0.6 is 0 Å². The van der Waals surface area contributed by atoms with Crippen molar-refractivity contribution in [2.75, 3.05) is 33.4 Å². The minimum Gasteiger partial charge on any atom is -0.396 e. The summed E-state index contributed by atoms with van der Waals surface area (Å²) in [4.78, 5) is 3.92. The summed E-state index contributed by atoms with van der Waals surface area (Å²) >= 11 is 0. The molecule has 0 bridgehead atoms. The molecule has 5 nitrogen and oxygen atoms in total. The number of guanidine groups is 1. The minimum atomic E-state index is -1.45. The van der Waals surface area contributed by atoms with Gasteiger partial charge in [-0.3, -0.25) is 4.99 Å². The Kier molecular flexibility index (Phi) is 6.60. The van der Waals surface area contributed by atoms with Crippen molar-refractivity contribution in [1.29, 1.82) is 0 Å². The molecule has 1 heterocycles. The molecule has 25 heavy (non-hydrogen) atoms. The van der Waals surface area contributed by atoms with Gasteiger partial charge in [-0.25, -0.2) is 17.6 Å². The Bertz CT molecular complexity index is 608. The Morgan fingerprint density at radius 2 is 1.92 bits per heavy atom. The van der Waals surface area contributed by atoms with E-state index >= 15 is 0 Å². The summed E-state index contributed by atoms with van der Waals surface area (Å²) in [5.74, 6) is -5.58. The Labute approximate surface area is 143 Å². The number of aliphatic imine (C=N–C) groups is 1. The normalized spacial score (nSPS) is 20.8. The zero-order valence-electron chi connectivity index (χ0n) is 13.8. The van der Waals surface area contributed by atoms with Crippen LogP contribution in [0.3, 0.4) is 0 Å². The standard InChI is InChI=1S/C16H21F4N3O2/c1-21-15(23-8-16(2-4-24)3-5-25-9-16)22-7-10-13(19)11(17)6-12(18)14(10)20/h6,24H,2-5,7-9H2,1H3,(H2,21,22,23). The van der Waals surface area contributed by atoms with Crippen molar-refractivity contribution in [3.63, 3.8) is 0 Å². The van der Waals surface area contributed by atoms with E-state index in [1.807, 2.05) is 0 Å². The monoisotopic (exact) mass is 363 g/mol. The third-order valence-electron chi connectivity index (χ3n) is 4.32. The molecule has 1 atom stereocenters. The van der Waals surface area contributed by atoms with E-state index in [0.29, 0.717) is 26.2 Å². The van der Waals surface area contributed by atoms with Crippen LogP contribution in [0.25, 0.3) is 0 Å². The van der Waals surface area contributed by atoms with E-state index in [1.165, 1.54) is 7.05 Å². The maximum atomic E-state index is 13.7. The van der Waals surface area contributed by atoms with Gasteiger partial charge >= 0.3 is 0 Å². The zero-order chi connectivity index (χ0) is 18.4. The lowest BCUT2D eigenvalue weighted by Crippen LogP contribution is -2.44. The van der Waals surface area contributed by atoms with Gasteiger partial charge in [0.1, 0.15) is 0 Å². The fourth-order valence-corrected chi connectivity index (χ4v) is 2.75. The Balaban J connectivity index is 2.00. The van der Waals surface area contributed by atoms with Gasteiger partial charge in [0, 0.05) is 50.4 Å². The van der Waals surface area contributed by atoms with Gasteiger partial charge in [0.25, 0.3) is 0 Å². The van der Waals surface area contributed by atoms with Crippen molar-refractivity contribution in [2.45, 2.75) is 19.4 Å². The first kappa shape index (κ1) is 19.5. The fourth-order valence-electron chi connectivity index (χ4n) is 2.75. The second-order valence-corrected chi connectivity index (χ2v) is 6.00. The molecule has 3 N–H and O–H groups in total. The predicted molar refractivity (Wildman–Crippen MR) is 84.0 cm³/mol. The molecule has 2 rings (SSSR count). The molecular formula is C16H21F4N3O2. The third kappa shape index (κ3) is 4.60. The van der Waals surface area contributed by atoms with Crippen molar-refractivity contribution in [2.24, 2.45) is 10.4 Å². The number of rotatable bonds is 6. The van der Waals surface area contributed by atoms with E-state index < -0.39 is 35.4 Å². The van der Waals surface area contributed by atoms with Crippen LogP contribution in [0.15, 0.2) is 11.1 Å². The molecule has 0 saturated carbocycles. The van der Waals surface area contributed by atoms with Crippen molar-refractivity contribution in [1.82, 2.24) is 10.6 Å². The first-order chi connectivity index (χ1) is 11.9. The highest BCUT2D eigenvalue weighted by atomic mass is 19.2. The molecule has 0 aliphatic carbocycles. The average molecular weight is 363 g/mol. The first-order valence-electron chi connectivity index (χ1n) is 7.87. The lowest BCUT2D eigenvalue weighted by Gasteiger charge is -2.27. The van der Waals surface area contributed by atoms with Gasteiger partial charge in [0.15, 0.2) is 29.2 Å². The molecule has 1 fully saturated rings. The Morgan fingerprint density at radius 1 is 1.24 bits per heavy atom. The average Bonchev–Trinajstić information content (AvgIpc) is 3.05. The molecule has 1 aromatic carbocycles. The van der Waals surface area contributed by atoms with Crippen molar-refractivity contribution < 1.29 is 27.4 Å². The van der Waals surface area contributed by atoms with Gasteiger partial charge in [-0.15, -0.1) is 0 Å². The molecule has 1 aromatic rings. The Hall–Kier alpha value is -1.87.